The Morgan fingerprint density at radius 3 is 2.69 bits per heavy atom. The van der Waals surface area contributed by atoms with Gasteiger partial charge in [-0.15, -0.1) is 0 Å². The molecule has 1 aromatic carbocycles. The van der Waals surface area contributed by atoms with Crippen LogP contribution in [0.3, 0.4) is 0 Å². The van der Waals surface area contributed by atoms with Crippen LogP contribution in [0.5, 0.6) is 0 Å². The molecule has 1 aromatic heterocycles. The van der Waals surface area contributed by atoms with Crippen molar-refractivity contribution in [3.63, 3.8) is 0 Å². The highest BCUT2D eigenvalue weighted by molar-refractivity contribution is 5.88. The smallest absolute Gasteiger partial charge is 0.274 e. The summed E-state index contributed by atoms with van der Waals surface area (Å²) in [5, 5.41) is 9.13. The van der Waals surface area contributed by atoms with E-state index in [1.54, 1.807) is 13.1 Å². The first-order chi connectivity index (χ1) is 12.6. The molecule has 0 bridgehead atoms. The fourth-order valence-electron chi connectivity index (χ4n) is 4.08. The van der Waals surface area contributed by atoms with E-state index in [0.717, 1.165) is 51.1 Å². The number of benzene rings is 1. The van der Waals surface area contributed by atoms with Crippen LogP contribution in [0.25, 0.3) is 10.8 Å². The fourth-order valence-corrected chi connectivity index (χ4v) is 4.08. The molecule has 1 amide bonds. The van der Waals surface area contributed by atoms with Crippen LogP contribution < -0.4 is 10.9 Å². The number of rotatable bonds is 3. The predicted molar refractivity (Wildman–Crippen MR) is 100 cm³/mol. The molecule has 2 aromatic rings. The van der Waals surface area contributed by atoms with Gasteiger partial charge in [0.2, 0.25) is 5.91 Å². The van der Waals surface area contributed by atoms with Crippen LogP contribution in [0, 0.1) is 0 Å². The van der Waals surface area contributed by atoms with Crippen LogP contribution in [0.1, 0.15) is 12.1 Å². The normalized spacial score (nSPS) is 21.4. The number of likely N-dealkylation sites (tertiary alicyclic amines) is 1. The van der Waals surface area contributed by atoms with Gasteiger partial charge in [0.25, 0.3) is 5.56 Å². The summed E-state index contributed by atoms with van der Waals surface area (Å²) in [6.45, 7) is 5.76. The summed E-state index contributed by atoms with van der Waals surface area (Å²) in [6, 6.07) is 7.86. The van der Waals surface area contributed by atoms with Crippen molar-refractivity contribution in [1.29, 1.82) is 0 Å². The molecular formula is C19H25N5O2. The molecule has 1 atom stereocenters. The van der Waals surface area contributed by atoms with E-state index in [9.17, 15) is 9.59 Å². The highest BCUT2D eigenvalue weighted by atomic mass is 16.2. The third kappa shape index (κ3) is 3.24. The first-order valence-corrected chi connectivity index (χ1v) is 9.31. The predicted octanol–water partition coefficient (Wildman–Crippen LogP) is -0.0179. The van der Waals surface area contributed by atoms with E-state index in [-0.39, 0.29) is 17.9 Å². The number of carbonyl (C=O) groups excluding carboxylic acids is 1. The maximum Gasteiger partial charge on any atom is 0.274 e. The summed E-state index contributed by atoms with van der Waals surface area (Å²) >= 11 is 0. The molecule has 2 fully saturated rings. The second-order valence-electron chi connectivity index (χ2n) is 7.17. The number of piperazine rings is 1. The lowest BCUT2D eigenvalue weighted by atomic mass is 10.1. The SMILES string of the molecule is Cn1nc(CC(=O)N2CCC(N3CCNCC3)C2)c2ccccc2c1=O. The van der Waals surface area contributed by atoms with Crippen LogP contribution in [0.4, 0.5) is 0 Å². The molecule has 7 nitrogen and oxygen atoms in total. The largest absolute Gasteiger partial charge is 0.341 e. The lowest BCUT2D eigenvalue weighted by Crippen LogP contribution is -2.49. The molecule has 26 heavy (non-hydrogen) atoms. The Balaban J connectivity index is 1.50. The molecule has 0 radical (unpaired) electrons. The minimum Gasteiger partial charge on any atom is -0.341 e. The van der Waals surface area contributed by atoms with E-state index in [1.807, 2.05) is 23.1 Å². The Morgan fingerprint density at radius 1 is 1.19 bits per heavy atom. The molecular weight excluding hydrogens is 330 g/mol. The van der Waals surface area contributed by atoms with Gasteiger partial charge in [-0.1, -0.05) is 18.2 Å². The Morgan fingerprint density at radius 2 is 1.92 bits per heavy atom. The zero-order valence-electron chi connectivity index (χ0n) is 15.1. The summed E-state index contributed by atoms with van der Waals surface area (Å²) in [5.74, 6) is 0.0962. The summed E-state index contributed by atoms with van der Waals surface area (Å²) in [4.78, 5) is 29.5. The maximum absolute atomic E-state index is 12.9. The molecule has 0 saturated carbocycles. The molecule has 138 valence electrons. The first-order valence-electron chi connectivity index (χ1n) is 9.31. The topological polar surface area (TPSA) is 70.5 Å². The molecule has 1 unspecified atom stereocenters. The average Bonchev–Trinajstić information content (AvgIpc) is 3.17. The van der Waals surface area contributed by atoms with Gasteiger partial charge < -0.3 is 10.2 Å². The van der Waals surface area contributed by atoms with Crippen molar-refractivity contribution in [1.82, 2.24) is 24.9 Å². The second kappa shape index (κ2) is 7.17. The van der Waals surface area contributed by atoms with E-state index >= 15 is 0 Å². The molecule has 3 heterocycles. The van der Waals surface area contributed by atoms with Gasteiger partial charge in [0.15, 0.2) is 0 Å². The van der Waals surface area contributed by atoms with Crippen LogP contribution in [0.2, 0.25) is 0 Å². The van der Waals surface area contributed by atoms with Gasteiger partial charge >= 0.3 is 0 Å². The summed E-state index contributed by atoms with van der Waals surface area (Å²) in [6.07, 6.45) is 1.27. The van der Waals surface area contributed by atoms with Crippen molar-refractivity contribution in [2.75, 3.05) is 39.3 Å². The van der Waals surface area contributed by atoms with Gasteiger partial charge in [-0.3, -0.25) is 14.5 Å². The molecule has 1 N–H and O–H groups in total. The van der Waals surface area contributed by atoms with E-state index in [4.69, 9.17) is 0 Å². The number of carbonyl (C=O) groups is 1. The van der Waals surface area contributed by atoms with Gasteiger partial charge in [0.05, 0.1) is 17.5 Å². The minimum atomic E-state index is -0.128. The van der Waals surface area contributed by atoms with Crippen molar-refractivity contribution in [2.24, 2.45) is 7.05 Å². The quantitative estimate of drug-likeness (QED) is 0.838. The first kappa shape index (κ1) is 17.2. The molecule has 2 aliphatic heterocycles. The van der Waals surface area contributed by atoms with Gasteiger partial charge in [0.1, 0.15) is 0 Å². The molecule has 7 heteroatoms. The highest BCUT2D eigenvalue weighted by Gasteiger charge is 2.31. The number of hydrogen-bond acceptors (Lipinski definition) is 5. The number of fused-ring (bicyclic) bond motifs is 1. The summed E-state index contributed by atoms with van der Waals surface area (Å²) in [5.41, 5.74) is 0.551. The molecule has 4 rings (SSSR count). The number of aryl methyl sites for hydroxylation is 1. The van der Waals surface area contributed by atoms with Crippen LogP contribution >= 0.6 is 0 Å². The van der Waals surface area contributed by atoms with E-state index < -0.39 is 0 Å². The van der Waals surface area contributed by atoms with Gasteiger partial charge in [-0.05, 0) is 12.5 Å². The average molecular weight is 355 g/mol. The highest BCUT2D eigenvalue weighted by Crippen LogP contribution is 2.19. The standard InChI is InChI=1S/C19H25N5O2/c1-22-19(26)16-5-3-2-4-15(16)17(21-22)12-18(25)24-9-6-14(13-24)23-10-7-20-8-11-23/h2-5,14,20H,6-13H2,1H3. The van der Waals surface area contributed by atoms with Gasteiger partial charge in [-0.2, -0.15) is 5.10 Å². The Kier molecular flexibility index (Phi) is 4.74. The Labute approximate surface area is 152 Å². The van der Waals surface area contributed by atoms with E-state index in [2.05, 4.69) is 15.3 Å². The number of nitrogens with one attached hydrogen (secondary N) is 1. The second-order valence-corrected chi connectivity index (χ2v) is 7.17. The number of amides is 1. The fraction of sp³-hybridized carbons (Fsp3) is 0.526. The third-order valence-electron chi connectivity index (χ3n) is 5.54. The van der Waals surface area contributed by atoms with Crippen molar-refractivity contribution in [2.45, 2.75) is 18.9 Å². The van der Waals surface area contributed by atoms with Crippen molar-refractivity contribution in [3.8, 4) is 0 Å². The van der Waals surface area contributed by atoms with Gasteiger partial charge in [-0.25, -0.2) is 4.68 Å². The van der Waals surface area contributed by atoms with Crippen molar-refractivity contribution < 1.29 is 4.79 Å². The van der Waals surface area contributed by atoms with Crippen molar-refractivity contribution in [3.05, 3.63) is 40.3 Å². The molecule has 2 aliphatic rings. The Bertz CT molecular complexity index is 872. The lowest BCUT2D eigenvalue weighted by Gasteiger charge is -2.32. The summed E-state index contributed by atoms with van der Waals surface area (Å²) < 4.78 is 1.33. The van der Waals surface area contributed by atoms with Crippen LogP contribution in [-0.2, 0) is 18.3 Å². The summed E-state index contributed by atoms with van der Waals surface area (Å²) in [7, 11) is 1.64. The minimum absolute atomic E-state index is 0.0962. The maximum atomic E-state index is 12.9. The number of aromatic nitrogens is 2. The van der Waals surface area contributed by atoms with Crippen LogP contribution in [-0.4, -0.2) is 70.8 Å². The zero-order valence-corrected chi connectivity index (χ0v) is 15.1. The molecule has 0 spiro atoms. The monoisotopic (exact) mass is 355 g/mol. The third-order valence-corrected chi connectivity index (χ3v) is 5.54. The van der Waals surface area contributed by atoms with E-state index in [0.29, 0.717) is 17.1 Å². The van der Waals surface area contributed by atoms with E-state index in [1.165, 1.54) is 4.68 Å². The lowest BCUT2D eigenvalue weighted by molar-refractivity contribution is -0.129. The molecule has 0 aliphatic carbocycles. The molecule has 2 saturated heterocycles. The van der Waals surface area contributed by atoms with Crippen LogP contribution in [0.15, 0.2) is 29.1 Å². The number of hydrogen-bond donors (Lipinski definition) is 1. The Hall–Kier alpha value is -2.25. The van der Waals surface area contributed by atoms with Gasteiger partial charge in [0, 0.05) is 57.7 Å². The zero-order chi connectivity index (χ0) is 18.1. The number of nitrogens with zero attached hydrogens (tertiary/aromatic N) is 4. The van der Waals surface area contributed by atoms with Crippen molar-refractivity contribution >= 4 is 16.7 Å².